The number of allylic oxidation sites excluding steroid dienone is 4. The number of carbonyl (C=O) groups excluding carboxylic acids is 1. The number of fused-ring (bicyclic) bond motifs is 1. The number of rotatable bonds is 8. The zero-order chi connectivity index (χ0) is 26.7. The van der Waals surface area contributed by atoms with Crippen molar-refractivity contribution in [2.45, 2.75) is 129 Å². The van der Waals surface area contributed by atoms with Crippen molar-refractivity contribution < 1.29 is 14.0 Å². The summed E-state index contributed by atoms with van der Waals surface area (Å²) in [5, 5.41) is 0.245. The minimum atomic E-state index is -1.76. The van der Waals surface area contributed by atoms with Gasteiger partial charge < -0.3 is 9.16 Å². The van der Waals surface area contributed by atoms with Crippen LogP contribution in [-0.4, -0.2) is 27.5 Å². The number of ether oxygens (including phenoxy) is 1. The van der Waals surface area contributed by atoms with Crippen molar-refractivity contribution in [3.63, 3.8) is 0 Å². The van der Waals surface area contributed by atoms with E-state index in [4.69, 9.17) is 9.16 Å². The van der Waals surface area contributed by atoms with Crippen LogP contribution in [0.15, 0.2) is 35.5 Å². The number of hydrogen-bond acceptors (Lipinski definition) is 3. The largest absolute Gasteiger partial charge is 0.469 e. The average molecular weight is 515 g/mol. The normalized spacial score (nSPS) is 32.6. The van der Waals surface area contributed by atoms with E-state index < -0.39 is 8.32 Å². The van der Waals surface area contributed by atoms with Gasteiger partial charge in [0.25, 0.3) is 0 Å². The molecule has 3 nitrogen and oxygen atoms in total. The van der Waals surface area contributed by atoms with Gasteiger partial charge in [-0.1, -0.05) is 64.5 Å². The summed E-state index contributed by atoms with van der Waals surface area (Å²) in [6.45, 7) is 21.1. The average Bonchev–Trinajstić information content (AvgIpc) is 3.15. The highest BCUT2D eigenvalue weighted by atomic mass is 28.4. The lowest BCUT2D eigenvalue weighted by molar-refractivity contribution is -0.140. The Labute approximate surface area is 223 Å². The third-order valence-electron chi connectivity index (χ3n) is 10.4. The second kappa shape index (κ2) is 11.7. The topological polar surface area (TPSA) is 35.5 Å². The summed E-state index contributed by atoms with van der Waals surface area (Å²) in [6, 6.07) is 0. The molecule has 0 saturated heterocycles. The molecule has 0 aromatic heterocycles. The maximum atomic E-state index is 11.6. The van der Waals surface area contributed by atoms with Gasteiger partial charge in [-0.3, -0.25) is 4.79 Å². The zero-order valence-corrected chi connectivity index (χ0v) is 25.7. The molecule has 4 heteroatoms. The quantitative estimate of drug-likeness (QED) is 0.239. The van der Waals surface area contributed by atoms with Crippen LogP contribution in [0.4, 0.5) is 0 Å². The molecule has 3 rings (SSSR count). The highest BCUT2D eigenvalue weighted by molar-refractivity contribution is 6.74. The third kappa shape index (κ3) is 6.65. The molecule has 0 heterocycles. The lowest BCUT2D eigenvalue weighted by atomic mass is 9.60. The SMILES string of the molecule is C=C1CCC(O[Si](C)(C)C(C)(C)C)CC1=CC=C1CCCC2(C)C1CCC2C(C)CCCC(=O)OC. The Morgan fingerprint density at radius 2 is 1.92 bits per heavy atom. The summed E-state index contributed by atoms with van der Waals surface area (Å²) < 4.78 is 11.6. The number of esters is 1. The summed E-state index contributed by atoms with van der Waals surface area (Å²) in [5.41, 5.74) is 4.78. The second-order valence-electron chi connectivity index (χ2n) is 13.8. The zero-order valence-electron chi connectivity index (χ0n) is 24.7. The summed E-state index contributed by atoms with van der Waals surface area (Å²) in [6.07, 6.45) is 17.5. The monoisotopic (exact) mass is 514 g/mol. The van der Waals surface area contributed by atoms with Crippen molar-refractivity contribution in [2.24, 2.45) is 23.2 Å². The Kier molecular flexibility index (Phi) is 9.58. The van der Waals surface area contributed by atoms with E-state index >= 15 is 0 Å². The van der Waals surface area contributed by atoms with E-state index in [1.807, 2.05) is 0 Å². The molecule has 36 heavy (non-hydrogen) atoms. The fraction of sp³-hybridized carbons (Fsp3) is 0.781. The van der Waals surface area contributed by atoms with Crippen LogP contribution in [0.1, 0.15) is 105 Å². The molecule has 3 aliphatic carbocycles. The van der Waals surface area contributed by atoms with Gasteiger partial charge in [-0.15, -0.1) is 0 Å². The van der Waals surface area contributed by atoms with Crippen LogP contribution >= 0.6 is 0 Å². The molecule has 3 saturated carbocycles. The van der Waals surface area contributed by atoms with Crippen molar-refractivity contribution in [1.29, 1.82) is 0 Å². The summed E-state index contributed by atoms with van der Waals surface area (Å²) >= 11 is 0. The molecule has 5 unspecified atom stereocenters. The Morgan fingerprint density at radius 1 is 1.19 bits per heavy atom. The lowest BCUT2D eigenvalue weighted by Crippen LogP contribution is -2.44. The highest BCUT2D eigenvalue weighted by Crippen LogP contribution is 2.60. The van der Waals surface area contributed by atoms with Crippen molar-refractivity contribution in [3.05, 3.63) is 35.5 Å². The smallest absolute Gasteiger partial charge is 0.305 e. The maximum absolute atomic E-state index is 11.6. The molecule has 0 bridgehead atoms. The third-order valence-corrected chi connectivity index (χ3v) is 15.0. The molecule has 0 aromatic carbocycles. The molecule has 0 amide bonds. The van der Waals surface area contributed by atoms with E-state index in [1.165, 1.54) is 50.4 Å². The first-order chi connectivity index (χ1) is 16.8. The molecule has 3 aliphatic rings. The van der Waals surface area contributed by atoms with E-state index in [9.17, 15) is 4.79 Å². The van der Waals surface area contributed by atoms with Gasteiger partial charge in [0.1, 0.15) is 0 Å². The predicted octanol–water partition coefficient (Wildman–Crippen LogP) is 9.17. The van der Waals surface area contributed by atoms with Crippen molar-refractivity contribution in [1.82, 2.24) is 0 Å². The minimum absolute atomic E-state index is 0.0742. The molecule has 3 fully saturated rings. The van der Waals surface area contributed by atoms with Gasteiger partial charge in [-0.05, 0) is 111 Å². The Hall–Kier alpha value is -1.13. The fourth-order valence-corrected chi connectivity index (χ4v) is 8.55. The van der Waals surface area contributed by atoms with Crippen LogP contribution in [0.25, 0.3) is 0 Å². The summed E-state index contributed by atoms with van der Waals surface area (Å²) in [7, 11) is -0.272. The van der Waals surface area contributed by atoms with Gasteiger partial charge in [0, 0.05) is 12.5 Å². The van der Waals surface area contributed by atoms with Gasteiger partial charge in [-0.2, -0.15) is 0 Å². The lowest BCUT2D eigenvalue weighted by Gasteiger charge is -2.44. The number of methoxy groups -OCH3 is 1. The molecule has 0 aliphatic heterocycles. The van der Waals surface area contributed by atoms with Crippen molar-refractivity contribution >= 4 is 14.3 Å². The molecule has 0 aromatic rings. The van der Waals surface area contributed by atoms with Crippen LogP contribution in [0.2, 0.25) is 18.1 Å². The Bertz CT molecular complexity index is 861. The van der Waals surface area contributed by atoms with Crippen molar-refractivity contribution in [2.75, 3.05) is 7.11 Å². The Morgan fingerprint density at radius 3 is 2.58 bits per heavy atom. The second-order valence-corrected chi connectivity index (χ2v) is 18.6. The highest BCUT2D eigenvalue weighted by Gasteiger charge is 2.50. The standard InChI is InChI=1S/C32H54O3Si/c1-23-15-18-27(35-36(8,9)31(3,4)5)22-26(23)17-16-25-13-11-21-32(6)28(19-20-29(25)32)24(2)12-10-14-30(33)34-7/h16-17,24,27-29H,1,10-15,18-22H2,2-9H3. The first kappa shape index (κ1) is 29.4. The van der Waals surface area contributed by atoms with Gasteiger partial charge in [0.15, 0.2) is 8.32 Å². The van der Waals surface area contributed by atoms with E-state index in [0.717, 1.165) is 38.0 Å². The molecular weight excluding hydrogens is 460 g/mol. The fourth-order valence-electron chi connectivity index (χ4n) is 7.16. The van der Waals surface area contributed by atoms with E-state index in [2.05, 4.69) is 66.4 Å². The first-order valence-corrected chi connectivity index (χ1v) is 17.5. The van der Waals surface area contributed by atoms with Crippen molar-refractivity contribution in [3.8, 4) is 0 Å². The molecule has 5 atom stereocenters. The molecule has 0 radical (unpaired) electrons. The van der Waals surface area contributed by atoms with Crippen LogP contribution in [-0.2, 0) is 14.0 Å². The molecule has 204 valence electrons. The van der Waals surface area contributed by atoms with Crippen LogP contribution in [0, 0.1) is 23.2 Å². The Balaban J connectivity index is 1.68. The van der Waals surface area contributed by atoms with E-state index in [1.54, 1.807) is 5.57 Å². The number of hydrogen-bond donors (Lipinski definition) is 0. The minimum Gasteiger partial charge on any atom is -0.469 e. The van der Waals surface area contributed by atoms with Crippen LogP contribution in [0.3, 0.4) is 0 Å². The van der Waals surface area contributed by atoms with Gasteiger partial charge >= 0.3 is 5.97 Å². The van der Waals surface area contributed by atoms with Gasteiger partial charge in [0.2, 0.25) is 0 Å². The maximum Gasteiger partial charge on any atom is 0.305 e. The van der Waals surface area contributed by atoms with Gasteiger partial charge in [0.05, 0.1) is 7.11 Å². The van der Waals surface area contributed by atoms with E-state index in [0.29, 0.717) is 29.8 Å². The van der Waals surface area contributed by atoms with Crippen LogP contribution in [0.5, 0.6) is 0 Å². The predicted molar refractivity (Wildman–Crippen MR) is 154 cm³/mol. The number of carbonyl (C=O) groups is 1. The molecule has 0 spiro atoms. The molecular formula is C32H54O3Si. The van der Waals surface area contributed by atoms with E-state index in [-0.39, 0.29) is 11.0 Å². The summed E-state index contributed by atoms with van der Waals surface area (Å²) in [4.78, 5) is 11.6. The van der Waals surface area contributed by atoms with Crippen LogP contribution < -0.4 is 0 Å². The van der Waals surface area contributed by atoms with Gasteiger partial charge in [-0.25, -0.2) is 0 Å². The summed E-state index contributed by atoms with van der Waals surface area (Å²) in [5.74, 6) is 2.04. The molecule has 0 N–H and O–H groups in total. The first-order valence-electron chi connectivity index (χ1n) is 14.6.